The first-order valence-electron chi connectivity index (χ1n) is 6.73. The molecule has 0 spiro atoms. The van der Waals surface area contributed by atoms with E-state index in [1.807, 2.05) is 13.8 Å². The van der Waals surface area contributed by atoms with E-state index in [0.29, 0.717) is 13.1 Å². The van der Waals surface area contributed by atoms with E-state index in [9.17, 15) is 13.2 Å². The Morgan fingerprint density at radius 2 is 2.09 bits per heavy atom. The Morgan fingerprint density at radius 3 is 2.68 bits per heavy atom. The number of ether oxygens (including phenoxy) is 1. The van der Waals surface area contributed by atoms with Gasteiger partial charge in [0.2, 0.25) is 15.8 Å². The molecule has 0 bridgehead atoms. The molecule has 1 N–H and O–H groups in total. The van der Waals surface area contributed by atoms with Gasteiger partial charge in [0.25, 0.3) is 0 Å². The average molecular weight is 353 g/mol. The minimum absolute atomic E-state index is 0. The Kier molecular flexibility index (Phi) is 6.03. The van der Waals surface area contributed by atoms with Crippen LogP contribution in [0.5, 0.6) is 0 Å². The van der Waals surface area contributed by atoms with Gasteiger partial charge in [-0.05, 0) is 20.8 Å². The van der Waals surface area contributed by atoms with Crippen LogP contribution >= 0.6 is 12.4 Å². The number of aryl methyl sites for hydroxylation is 1. The van der Waals surface area contributed by atoms with Crippen molar-refractivity contribution in [2.45, 2.75) is 37.8 Å². The molecular formula is C13H21ClN2O5S. The third-order valence-electron chi connectivity index (χ3n) is 3.82. The number of hydrogen-bond acceptors (Lipinski definition) is 6. The molecule has 1 aromatic rings. The van der Waals surface area contributed by atoms with E-state index in [2.05, 4.69) is 10.1 Å². The average Bonchev–Trinajstić information content (AvgIpc) is 2.83. The largest absolute Gasteiger partial charge is 0.463 e. The van der Waals surface area contributed by atoms with Crippen LogP contribution in [0.25, 0.3) is 0 Å². The molecule has 9 heteroatoms. The van der Waals surface area contributed by atoms with E-state index in [1.165, 1.54) is 24.4 Å². The summed E-state index contributed by atoms with van der Waals surface area (Å²) < 4.78 is 36.7. The zero-order valence-electron chi connectivity index (χ0n) is 13.0. The Hall–Kier alpha value is -1.09. The van der Waals surface area contributed by atoms with Crippen molar-refractivity contribution < 1.29 is 22.4 Å². The lowest BCUT2D eigenvalue weighted by Crippen LogP contribution is -2.57. The summed E-state index contributed by atoms with van der Waals surface area (Å²) in [6.07, 6.45) is 0. The fraction of sp³-hybridized carbons (Fsp3) is 0.615. The molecule has 126 valence electrons. The van der Waals surface area contributed by atoms with Gasteiger partial charge in [0.15, 0.2) is 0 Å². The molecule has 1 fully saturated rings. The first-order chi connectivity index (χ1) is 9.78. The molecular weight excluding hydrogens is 332 g/mol. The number of nitrogens with one attached hydrogen (secondary N) is 1. The van der Waals surface area contributed by atoms with Crippen LogP contribution in [0.15, 0.2) is 15.4 Å². The maximum Gasteiger partial charge on any atom is 0.373 e. The molecule has 2 atom stereocenters. The number of nitrogens with zero attached hydrogens (tertiary/aromatic N) is 1. The van der Waals surface area contributed by atoms with E-state index >= 15 is 0 Å². The second-order valence-corrected chi connectivity index (χ2v) is 6.98. The van der Waals surface area contributed by atoms with Gasteiger partial charge in [0.1, 0.15) is 10.7 Å². The number of carbonyl (C=O) groups excluding carboxylic acids is 1. The number of sulfonamides is 1. The molecule has 0 aromatic carbocycles. The predicted octanol–water partition coefficient (Wildman–Crippen LogP) is 1.17. The van der Waals surface area contributed by atoms with E-state index in [-0.39, 0.29) is 40.9 Å². The van der Waals surface area contributed by atoms with Gasteiger partial charge in [-0.2, -0.15) is 4.31 Å². The highest BCUT2D eigenvalue weighted by molar-refractivity contribution is 7.89. The smallest absolute Gasteiger partial charge is 0.373 e. The maximum atomic E-state index is 12.8. The van der Waals surface area contributed by atoms with Crippen LogP contribution in [-0.4, -0.2) is 51.0 Å². The molecule has 22 heavy (non-hydrogen) atoms. The summed E-state index contributed by atoms with van der Waals surface area (Å²) in [6.45, 7) is 6.28. The Bertz CT molecular complexity index is 643. The SMILES string of the molecule is COC(=O)c1cc(S(=O)(=O)N2CCNC(C)C2C)c(C)o1.Cl. The minimum atomic E-state index is -3.70. The zero-order chi connectivity index (χ0) is 15.8. The monoisotopic (exact) mass is 352 g/mol. The number of esters is 1. The summed E-state index contributed by atoms with van der Waals surface area (Å²) in [5, 5.41) is 3.23. The Balaban J connectivity index is 0.00000242. The van der Waals surface area contributed by atoms with E-state index < -0.39 is 16.0 Å². The molecule has 2 heterocycles. The summed E-state index contributed by atoms with van der Waals surface area (Å²) >= 11 is 0. The normalized spacial score (nSPS) is 22.9. The molecule has 2 unspecified atom stereocenters. The second-order valence-electron chi connectivity index (χ2n) is 5.12. The third kappa shape index (κ3) is 3.29. The van der Waals surface area contributed by atoms with Crippen molar-refractivity contribution in [3.05, 3.63) is 17.6 Å². The van der Waals surface area contributed by atoms with Gasteiger partial charge in [-0.25, -0.2) is 13.2 Å². The Labute approximate surface area is 136 Å². The van der Waals surface area contributed by atoms with Gasteiger partial charge in [-0.1, -0.05) is 0 Å². The van der Waals surface area contributed by atoms with Gasteiger partial charge < -0.3 is 14.5 Å². The standard InChI is InChI=1S/C13H20N2O5S.ClH/c1-8-9(2)15(6-5-14-8)21(17,18)12-7-11(13(16)19-4)20-10(12)3;/h7-9,14H,5-6H2,1-4H3;1H. The second kappa shape index (κ2) is 6.99. The lowest BCUT2D eigenvalue weighted by molar-refractivity contribution is 0.0563. The fourth-order valence-corrected chi connectivity index (χ4v) is 4.28. The van der Waals surface area contributed by atoms with Gasteiger partial charge in [0.05, 0.1) is 7.11 Å². The number of methoxy groups -OCH3 is 1. The topological polar surface area (TPSA) is 88.9 Å². The van der Waals surface area contributed by atoms with E-state index in [4.69, 9.17) is 4.42 Å². The molecule has 1 aromatic heterocycles. The lowest BCUT2D eigenvalue weighted by Gasteiger charge is -2.37. The van der Waals surface area contributed by atoms with Gasteiger partial charge in [0, 0.05) is 31.2 Å². The number of rotatable bonds is 3. The van der Waals surface area contributed by atoms with Crippen LogP contribution in [-0.2, 0) is 14.8 Å². The quantitative estimate of drug-likeness (QED) is 0.821. The molecule has 0 aliphatic carbocycles. The van der Waals surface area contributed by atoms with Crippen molar-refractivity contribution in [1.29, 1.82) is 0 Å². The van der Waals surface area contributed by atoms with Crippen LogP contribution in [0.3, 0.4) is 0 Å². The summed E-state index contributed by atoms with van der Waals surface area (Å²) in [5.74, 6) is -0.612. The Morgan fingerprint density at radius 1 is 1.45 bits per heavy atom. The maximum absolute atomic E-state index is 12.8. The van der Waals surface area contributed by atoms with Crippen LogP contribution in [0, 0.1) is 6.92 Å². The molecule has 0 amide bonds. The highest BCUT2D eigenvalue weighted by atomic mass is 35.5. The molecule has 1 aliphatic heterocycles. The fourth-order valence-electron chi connectivity index (χ4n) is 2.41. The van der Waals surface area contributed by atoms with Crippen molar-refractivity contribution in [3.63, 3.8) is 0 Å². The van der Waals surface area contributed by atoms with Gasteiger partial charge in [-0.15, -0.1) is 12.4 Å². The predicted molar refractivity (Wildman–Crippen MR) is 82.9 cm³/mol. The van der Waals surface area contributed by atoms with Crippen LogP contribution in [0.2, 0.25) is 0 Å². The lowest BCUT2D eigenvalue weighted by atomic mass is 10.1. The number of furan rings is 1. The first-order valence-corrected chi connectivity index (χ1v) is 8.17. The van der Waals surface area contributed by atoms with Gasteiger partial charge in [-0.3, -0.25) is 0 Å². The zero-order valence-corrected chi connectivity index (χ0v) is 14.6. The van der Waals surface area contributed by atoms with E-state index in [1.54, 1.807) is 0 Å². The summed E-state index contributed by atoms with van der Waals surface area (Å²) in [5.41, 5.74) is 0. The van der Waals surface area contributed by atoms with E-state index in [0.717, 1.165) is 0 Å². The summed E-state index contributed by atoms with van der Waals surface area (Å²) in [6, 6.07) is 1.11. The summed E-state index contributed by atoms with van der Waals surface area (Å²) in [4.78, 5) is 11.5. The van der Waals surface area contributed by atoms with Crippen LogP contribution in [0.1, 0.15) is 30.2 Å². The van der Waals surface area contributed by atoms with Crippen molar-refractivity contribution in [2.24, 2.45) is 0 Å². The number of hydrogen-bond donors (Lipinski definition) is 1. The van der Waals surface area contributed by atoms with Crippen molar-refractivity contribution in [3.8, 4) is 0 Å². The van der Waals surface area contributed by atoms with Gasteiger partial charge >= 0.3 is 5.97 Å². The van der Waals surface area contributed by atoms with Crippen molar-refractivity contribution in [1.82, 2.24) is 9.62 Å². The molecule has 1 aliphatic rings. The molecule has 1 saturated heterocycles. The molecule has 2 rings (SSSR count). The number of halogens is 1. The summed E-state index contributed by atoms with van der Waals surface area (Å²) in [7, 11) is -2.49. The minimum Gasteiger partial charge on any atom is -0.463 e. The van der Waals surface area contributed by atoms with Crippen LogP contribution in [0.4, 0.5) is 0 Å². The first kappa shape index (κ1) is 19.0. The van der Waals surface area contributed by atoms with Crippen molar-refractivity contribution in [2.75, 3.05) is 20.2 Å². The highest BCUT2D eigenvalue weighted by Crippen LogP contribution is 2.27. The van der Waals surface area contributed by atoms with Crippen molar-refractivity contribution >= 4 is 28.4 Å². The molecule has 0 saturated carbocycles. The number of carbonyl (C=O) groups is 1. The highest BCUT2D eigenvalue weighted by Gasteiger charge is 2.37. The molecule has 7 nitrogen and oxygen atoms in total. The third-order valence-corrected chi connectivity index (χ3v) is 5.92. The number of piperazine rings is 1. The molecule has 0 radical (unpaired) electrons. The van der Waals surface area contributed by atoms with Crippen LogP contribution < -0.4 is 5.32 Å².